The maximum atomic E-state index is 13.1. The molecule has 2 aromatic carbocycles. The number of carbonyl (C=O) groups excluding carboxylic acids is 1. The SMILES string of the molecule is CCc1cc(-c2cc(NC(=O)Cc3cc(C(F)(F)F)ccc3C)nn2C)cc2cnc(NC3CCC(N)CC3)nc12. The molecule has 4 N–H and O–H groups in total. The minimum atomic E-state index is -4.47. The molecular formula is C30H34F3N7O. The molecule has 0 bridgehead atoms. The Morgan fingerprint density at radius 2 is 1.85 bits per heavy atom. The third kappa shape index (κ3) is 6.51. The number of halogens is 3. The zero-order chi connectivity index (χ0) is 29.3. The Kier molecular flexibility index (Phi) is 7.99. The highest BCUT2D eigenvalue weighted by molar-refractivity contribution is 5.93. The zero-order valence-electron chi connectivity index (χ0n) is 23.3. The first-order chi connectivity index (χ1) is 19.5. The highest BCUT2D eigenvalue weighted by Crippen LogP contribution is 2.32. The fourth-order valence-corrected chi connectivity index (χ4v) is 5.35. The molecule has 0 atom stereocenters. The minimum absolute atomic E-state index is 0.195. The molecule has 2 heterocycles. The molecule has 0 radical (unpaired) electrons. The van der Waals surface area contributed by atoms with Gasteiger partial charge in [0.1, 0.15) is 0 Å². The van der Waals surface area contributed by atoms with Crippen LogP contribution in [-0.2, 0) is 30.9 Å². The monoisotopic (exact) mass is 565 g/mol. The number of aromatic nitrogens is 4. The Morgan fingerprint density at radius 3 is 2.56 bits per heavy atom. The van der Waals surface area contributed by atoms with Crippen LogP contribution < -0.4 is 16.4 Å². The molecular weight excluding hydrogens is 531 g/mol. The number of amides is 1. The molecule has 8 nitrogen and oxygen atoms in total. The maximum Gasteiger partial charge on any atom is 0.416 e. The molecule has 0 spiro atoms. The topological polar surface area (TPSA) is 111 Å². The van der Waals surface area contributed by atoms with Gasteiger partial charge in [0.05, 0.1) is 23.2 Å². The van der Waals surface area contributed by atoms with E-state index in [-0.39, 0.29) is 12.5 Å². The van der Waals surface area contributed by atoms with E-state index in [0.717, 1.165) is 72.0 Å². The standard InChI is InChI=1S/C30H34F3N7O/c1-4-18-11-20(12-21-16-35-29(38-28(18)21)36-24-9-7-23(34)8-10-24)25-15-26(39-40(25)3)37-27(41)14-19-13-22(30(31,32)33)6-5-17(19)2/h5-6,11-13,15-16,23-24H,4,7-10,14,34H2,1-3H3,(H,35,36,38)(H,37,39,41). The van der Waals surface area contributed by atoms with Crippen LogP contribution in [0.4, 0.5) is 24.9 Å². The molecule has 1 fully saturated rings. The second-order valence-corrected chi connectivity index (χ2v) is 10.8. The number of hydrogen-bond acceptors (Lipinski definition) is 6. The molecule has 1 amide bonds. The number of benzene rings is 2. The molecule has 0 saturated heterocycles. The molecule has 216 valence electrons. The zero-order valence-corrected chi connectivity index (χ0v) is 23.3. The van der Waals surface area contributed by atoms with Gasteiger partial charge in [-0.1, -0.05) is 13.0 Å². The molecule has 2 aromatic heterocycles. The molecule has 1 aliphatic carbocycles. The van der Waals surface area contributed by atoms with Gasteiger partial charge in [0.25, 0.3) is 0 Å². The quantitative estimate of drug-likeness (QED) is 0.262. The number of fused-ring (bicyclic) bond motifs is 1. The van der Waals surface area contributed by atoms with Gasteiger partial charge in [-0.15, -0.1) is 0 Å². The van der Waals surface area contributed by atoms with E-state index in [1.807, 2.05) is 12.3 Å². The average molecular weight is 566 g/mol. The van der Waals surface area contributed by atoms with Crippen molar-refractivity contribution in [1.82, 2.24) is 19.7 Å². The van der Waals surface area contributed by atoms with Crippen LogP contribution in [0.25, 0.3) is 22.2 Å². The Bertz CT molecular complexity index is 1570. The Morgan fingerprint density at radius 1 is 1.10 bits per heavy atom. The molecule has 1 saturated carbocycles. The number of anilines is 2. The number of nitrogens with zero attached hydrogens (tertiary/aromatic N) is 4. The lowest BCUT2D eigenvalue weighted by atomic mass is 9.92. The van der Waals surface area contributed by atoms with Gasteiger partial charge in [-0.25, -0.2) is 9.97 Å². The number of nitrogens with two attached hydrogens (primary N) is 1. The average Bonchev–Trinajstić information content (AvgIpc) is 3.29. The second-order valence-electron chi connectivity index (χ2n) is 10.8. The predicted molar refractivity (Wildman–Crippen MR) is 153 cm³/mol. The Balaban J connectivity index is 1.34. The van der Waals surface area contributed by atoms with Gasteiger partial charge in [-0.3, -0.25) is 9.48 Å². The van der Waals surface area contributed by atoms with Crippen molar-refractivity contribution in [1.29, 1.82) is 0 Å². The van der Waals surface area contributed by atoms with E-state index in [1.165, 1.54) is 6.07 Å². The fraction of sp³-hybridized carbons (Fsp3) is 0.400. The van der Waals surface area contributed by atoms with Crippen molar-refractivity contribution in [2.75, 3.05) is 10.6 Å². The van der Waals surface area contributed by atoms with E-state index in [1.54, 1.807) is 24.7 Å². The summed E-state index contributed by atoms with van der Waals surface area (Å²) in [5.74, 6) is 0.485. The van der Waals surface area contributed by atoms with Crippen molar-refractivity contribution in [2.24, 2.45) is 12.8 Å². The number of rotatable bonds is 7. The molecule has 0 aliphatic heterocycles. The van der Waals surface area contributed by atoms with Crippen LogP contribution in [0.2, 0.25) is 0 Å². The summed E-state index contributed by atoms with van der Waals surface area (Å²) in [4.78, 5) is 22.1. The first-order valence-electron chi connectivity index (χ1n) is 13.8. The van der Waals surface area contributed by atoms with Crippen molar-refractivity contribution in [3.05, 3.63) is 64.8 Å². The van der Waals surface area contributed by atoms with Crippen LogP contribution in [0, 0.1) is 6.92 Å². The number of alkyl halides is 3. The summed E-state index contributed by atoms with van der Waals surface area (Å²) in [6.45, 7) is 3.75. The van der Waals surface area contributed by atoms with Crippen LogP contribution in [-0.4, -0.2) is 37.7 Å². The first kappa shape index (κ1) is 28.5. The van der Waals surface area contributed by atoms with Gasteiger partial charge in [0.15, 0.2) is 5.82 Å². The highest BCUT2D eigenvalue weighted by atomic mass is 19.4. The molecule has 0 unspecified atom stereocenters. The second kappa shape index (κ2) is 11.5. The Labute approximate surface area is 236 Å². The number of hydrogen-bond donors (Lipinski definition) is 3. The van der Waals surface area contributed by atoms with Crippen molar-refractivity contribution < 1.29 is 18.0 Å². The fourth-order valence-electron chi connectivity index (χ4n) is 5.35. The number of aryl methyl sites for hydroxylation is 3. The van der Waals surface area contributed by atoms with Crippen LogP contribution in [0.1, 0.15) is 54.9 Å². The summed E-state index contributed by atoms with van der Waals surface area (Å²) < 4.78 is 41.1. The van der Waals surface area contributed by atoms with E-state index in [2.05, 4.69) is 33.7 Å². The molecule has 5 rings (SSSR count). The molecule has 1 aliphatic rings. The van der Waals surface area contributed by atoms with Crippen LogP contribution in [0.3, 0.4) is 0 Å². The van der Waals surface area contributed by atoms with Gasteiger partial charge in [-0.2, -0.15) is 18.3 Å². The summed E-state index contributed by atoms with van der Waals surface area (Å²) in [5.41, 5.74) is 9.79. The van der Waals surface area contributed by atoms with E-state index >= 15 is 0 Å². The van der Waals surface area contributed by atoms with E-state index in [4.69, 9.17) is 10.7 Å². The van der Waals surface area contributed by atoms with E-state index in [0.29, 0.717) is 28.9 Å². The van der Waals surface area contributed by atoms with Crippen molar-refractivity contribution >= 4 is 28.6 Å². The van der Waals surface area contributed by atoms with Gasteiger partial charge >= 0.3 is 6.18 Å². The molecule has 41 heavy (non-hydrogen) atoms. The Hall–Kier alpha value is -3.99. The van der Waals surface area contributed by atoms with Crippen molar-refractivity contribution in [2.45, 2.75) is 70.6 Å². The molecule has 11 heteroatoms. The summed E-state index contributed by atoms with van der Waals surface area (Å²) in [7, 11) is 1.78. The third-order valence-electron chi connectivity index (χ3n) is 7.72. The van der Waals surface area contributed by atoms with E-state index in [9.17, 15) is 18.0 Å². The largest absolute Gasteiger partial charge is 0.416 e. The molecule has 4 aromatic rings. The minimum Gasteiger partial charge on any atom is -0.351 e. The third-order valence-corrected chi connectivity index (χ3v) is 7.72. The maximum absolute atomic E-state index is 13.1. The number of carbonyl (C=O) groups is 1. The highest BCUT2D eigenvalue weighted by Gasteiger charge is 2.31. The first-order valence-corrected chi connectivity index (χ1v) is 13.8. The van der Waals surface area contributed by atoms with Gasteiger partial charge in [0.2, 0.25) is 11.9 Å². The predicted octanol–water partition coefficient (Wildman–Crippen LogP) is 5.78. The van der Waals surface area contributed by atoms with E-state index < -0.39 is 17.6 Å². The van der Waals surface area contributed by atoms with Crippen LogP contribution in [0.5, 0.6) is 0 Å². The summed E-state index contributed by atoms with van der Waals surface area (Å²) in [6.07, 6.45) is 1.90. The lowest BCUT2D eigenvalue weighted by Crippen LogP contribution is -2.33. The summed E-state index contributed by atoms with van der Waals surface area (Å²) in [5, 5.41) is 11.5. The van der Waals surface area contributed by atoms with Gasteiger partial charge in [0, 0.05) is 42.3 Å². The lowest BCUT2D eigenvalue weighted by Gasteiger charge is -2.26. The van der Waals surface area contributed by atoms with Crippen molar-refractivity contribution in [3.63, 3.8) is 0 Å². The lowest BCUT2D eigenvalue weighted by molar-refractivity contribution is -0.137. The normalized spacial score (nSPS) is 17.5. The van der Waals surface area contributed by atoms with Crippen molar-refractivity contribution in [3.8, 4) is 11.3 Å². The number of nitrogens with one attached hydrogen (secondary N) is 2. The summed E-state index contributed by atoms with van der Waals surface area (Å²) >= 11 is 0. The smallest absolute Gasteiger partial charge is 0.351 e. The van der Waals surface area contributed by atoms with Gasteiger partial charge < -0.3 is 16.4 Å². The van der Waals surface area contributed by atoms with Crippen LogP contribution >= 0.6 is 0 Å². The van der Waals surface area contributed by atoms with Gasteiger partial charge in [-0.05, 0) is 80.0 Å². The summed E-state index contributed by atoms with van der Waals surface area (Å²) in [6, 6.07) is 9.82. The van der Waals surface area contributed by atoms with Crippen LogP contribution in [0.15, 0.2) is 42.6 Å².